The number of esters is 1. The van der Waals surface area contributed by atoms with E-state index in [-0.39, 0.29) is 12.0 Å². The van der Waals surface area contributed by atoms with Gasteiger partial charge < -0.3 is 10.1 Å². The number of carbonyl (C=O) groups excluding carboxylic acids is 1. The van der Waals surface area contributed by atoms with Gasteiger partial charge in [0.25, 0.3) is 0 Å². The van der Waals surface area contributed by atoms with Gasteiger partial charge in [-0.05, 0) is 60.5 Å². The lowest BCUT2D eigenvalue weighted by Crippen LogP contribution is -2.07. The summed E-state index contributed by atoms with van der Waals surface area (Å²) in [4.78, 5) is 11.5. The van der Waals surface area contributed by atoms with Crippen LogP contribution in [0, 0.1) is 0 Å². The summed E-state index contributed by atoms with van der Waals surface area (Å²) in [5, 5.41) is 7.59. The minimum atomic E-state index is -0.278. The van der Waals surface area contributed by atoms with Gasteiger partial charge in [0, 0.05) is 11.7 Å². The van der Waals surface area contributed by atoms with Crippen LogP contribution in [0.5, 0.6) is 0 Å². The molecule has 1 N–H and O–H groups in total. The standard InChI is InChI=1S/C15H17NO2S/c1-3-18-15(17)12-4-6-14(7-5-12)16-11(2)13-8-9-19-10-13/h4-11,16H,3H2,1-2H3. The Labute approximate surface area is 117 Å². The summed E-state index contributed by atoms with van der Waals surface area (Å²) in [5.41, 5.74) is 2.84. The number of anilines is 1. The van der Waals surface area contributed by atoms with Crippen LogP contribution < -0.4 is 5.32 Å². The van der Waals surface area contributed by atoms with Gasteiger partial charge in [-0.1, -0.05) is 0 Å². The minimum Gasteiger partial charge on any atom is -0.462 e. The summed E-state index contributed by atoms with van der Waals surface area (Å²) in [7, 11) is 0. The van der Waals surface area contributed by atoms with Crippen LogP contribution in [-0.4, -0.2) is 12.6 Å². The van der Waals surface area contributed by atoms with Gasteiger partial charge in [0.15, 0.2) is 0 Å². The van der Waals surface area contributed by atoms with Gasteiger partial charge in [-0.25, -0.2) is 4.79 Å². The lowest BCUT2D eigenvalue weighted by molar-refractivity contribution is 0.0526. The summed E-state index contributed by atoms with van der Waals surface area (Å²) in [5.74, 6) is -0.278. The van der Waals surface area contributed by atoms with E-state index in [1.807, 2.05) is 12.1 Å². The van der Waals surface area contributed by atoms with Crippen LogP contribution in [0.15, 0.2) is 41.1 Å². The normalized spacial score (nSPS) is 11.9. The maximum absolute atomic E-state index is 11.5. The Hall–Kier alpha value is -1.81. The molecule has 1 unspecified atom stereocenters. The molecule has 1 heterocycles. The molecule has 0 aliphatic carbocycles. The minimum absolute atomic E-state index is 0.250. The Kier molecular flexibility index (Phi) is 4.58. The van der Waals surface area contributed by atoms with Crippen molar-refractivity contribution in [1.29, 1.82) is 0 Å². The van der Waals surface area contributed by atoms with Gasteiger partial charge in [-0.2, -0.15) is 11.3 Å². The van der Waals surface area contributed by atoms with Gasteiger partial charge in [0.1, 0.15) is 0 Å². The summed E-state index contributed by atoms with van der Waals surface area (Å²) < 4.78 is 4.95. The zero-order chi connectivity index (χ0) is 13.7. The predicted molar refractivity (Wildman–Crippen MR) is 78.8 cm³/mol. The Bertz CT molecular complexity index is 520. The average Bonchev–Trinajstić information content (AvgIpc) is 2.94. The van der Waals surface area contributed by atoms with E-state index in [1.165, 1.54) is 5.56 Å². The first-order valence-electron chi connectivity index (χ1n) is 6.26. The molecule has 1 atom stereocenters. The van der Waals surface area contributed by atoms with Crippen molar-refractivity contribution >= 4 is 23.0 Å². The third-order valence-corrected chi connectivity index (χ3v) is 3.52. The third kappa shape index (κ3) is 3.58. The zero-order valence-corrected chi connectivity index (χ0v) is 11.9. The molecule has 1 aromatic carbocycles. The highest BCUT2D eigenvalue weighted by Crippen LogP contribution is 2.21. The van der Waals surface area contributed by atoms with Gasteiger partial charge in [-0.3, -0.25) is 0 Å². The van der Waals surface area contributed by atoms with E-state index in [1.54, 1.807) is 30.4 Å². The van der Waals surface area contributed by atoms with Gasteiger partial charge >= 0.3 is 5.97 Å². The van der Waals surface area contributed by atoms with Crippen molar-refractivity contribution in [3.05, 3.63) is 52.2 Å². The summed E-state index contributed by atoms with van der Waals surface area (Å²) in [6.45, 7) is 4.31. The molecule has 4 heteroatoms. The Balaban J connectivity index is 2.01. The van der Waals surface area contributed by atoms with Gasteiger partial charge in [0.2, 0.25) is 0 Å². The van der Waals surface area contributed by atoms with Gasteiger partial charge in [-0.15, -0.1) is 0 Å². The maximum Gasteiger partial charge on any atom is 0.338 e. The number of carbonyl (C=O) groups is 1. The SMILES string of the molecule is CCOC(=O)c1ccc(NC(C)c2ccsc2)cc1. The van der Waals surface area contributed by atoms with Crippen molar-refractivity contribution in [2.45, 2.75) is 19.9 Å². The van der Waals surface area contributed by atoms with E-state index in [0.717, 1.165) is 5.69 Å². The van der Waals surface area contributed by atoms with Crippen molar-refractivity contribution in [3.8, 4) is 0 Å². The van der Waals surface area contributed by atoms with Crippen LogP contribution in [0.4, 0.5) is 5.69 Å². The first kappa shape index (κ1) is 13.6. The smallest absolute Gasteiger partial charge is 0.338 e. The average molecular weight is 275 g/mol. The van der Waals surface area contributed by atoms with Crippen molar-refractivity contribution < 1.29 is 9.53 Å². The van der Waals surface area contributed by atoms with Crippen LogP contribution in [0.3, 0.4) is 0 Å². The summed E-state index contributed by atoms with van der Waals surface area (Å²) in [6, 6.07) is 9.71. The number of benzene rings is 1. The second-order valence-electron chi connectivity index (χ2n) is 4.22. The second-order valence-corrected chi connectivity index (χ2v) is 5.00. The fourth-order valence-electron chi connectivity index (χ4n) is 1.77. The van der Waals surface area contributed by atoms with Crippen LogP contribution in [0.1, 0.15) is 35.8 Å². The van der Waals surface area contributed by atoms with E-state index >= 15 is 0 Å². The number of rotatable bonds is 5. The van der Waals surface area contributed by atoms with Crippen molar-refractivity contribution in [3.63, 3.8) is 0 Å². The number of hydrogen-bond acceptors (Lipinski definition) is 4. The first-order chi connectivity index (χ1) is 9.20. The van der Waals surface area contributed by atoms with Crippen LogP contribution in [-0.2, 0) is 4.74 Å². The lowest BCUT2D eigenvalue weighted by Gasteiger charge is -2.14. The maximum atomic E-state index is 11.5. The summed E-state index contributed by atoms with van der Waals surface area (Å²) in [6.07, 6.45) is 0. The van der Waals surface area contributed by atoms with E-state index in [9.17, 15) is 4.79 Å². The molecule has 0 bridgehead atoms. The molecule has 2 aromatic rings. The van der Waals surface area contributed by atoms with E-state index in [0.29, 0.717) is 12.2 Å². The lowest BCUT2D eigenvalue weighted by atomic mass is 10.1. The number of ether oxygens (including phenoxy) is 1. The fraction of sp³-hybridized carbons (Fsp3) is 0.267. The molecule has 0 amide bonds. The van der Waals surface area contributed by atoms with Crippen molar-refractivity contribution in [2.24, 2.45) is 0 Å². The molecule has 2 rings (SSSR count). The topological polar surface area (TPSA) is 38.3 Å². The summed E-state index contributed by atoms with van der Waals surface area (Å²) >= 11 is 1.69. The molecule has 0 saturated carbocycles. The Morgan fingerprint density at radius 2 is 2.05 bits per heavy atom. The van der Waals surface area contributed by atoms with Crippen LogP contribution >= 0.6 is 11.3 Å². The molecule has 0 aliphatic rings. The van der Waals surface area contributed by atoms with Gasteiger partial charge in [0.05, 0.1) is 12.2 Å². The molecule has 100 valence electrons. The highest BCUT2D eigenvalue weighted by molar-refractivity contribution is 7.07. The molecular formula is C15H17NO2S. The van der Waals surface area contributed by atoms with E-state index in [2.05, 4.69) is 29.1 Å². The number of thiophene rings is 1. The number of nitrogens with one attached hydrogen (secondary N) is 1. The molecule has 1 aromatic heterocycles. The highest BCUT2D eigenvalue weighted by atomic mass is 32.1. The van der Waals surface area contributed by atoms with Crippen LogP contribution in [0.25, 0.3) is 0 Å². The first-order valence-corrected chi connectivity index (χ1v) is 7.20. The number of hydrogen-bond donors (Lipinski definition) is 1. The molecule has 19 heavy (non-hydrogen) atoms. The monoisotopic (exact) mass is 275 g/mol. The van der Waals surface area contributed by atoms with Crippen molar-refractivity contribution in [1.82, 2.24) is 0 Å². The molecule has 0 fully saturated rings. The molecule has 0 spiro atoms. The fourth-order valence-corrected chi connectivity index (χ4v) is 2.53. The predicted octanol–water partition coefficient (Wildman–Crippen LogP) is 4.10. The quantitative estimate of drug-likeness (QED) is 0.835. The van der Waals surface area contributed by atoms with Crippen LogP contribution in [0.2, 0.25) is 0 Å². The molecule has 0 aliphatic heterocycles. The van der Waals surface area contributed by atoms with E-state index < -0.39 is 0 Å². The molecule has 0 saturated heterocycles. The molecule has 0 radical (unpaired) electrons. The molecular weight excluding hydrogens is 258 g/mol. The zero-order valence-electron chi connectivity index (χ0n) is 11.1. The largest absolute Gasteiger partial charge is 0.462 e. The second kappa shape index (κ2) is 6.38. The Morgan fingerprint density at radius 1 is 1.32 bits per heavy atom. The van der Waals surface area contributed by atoms with Crippen molar-refractivity contribution in [2.75, 3.05) is 11.9 Å². The van der Waals surface area contributed by atoms with E-state index in [4.69, 9.17) is 4.74 Å². The Morgan fingerprint density at radius 3 is 2.63 bits per heavy atom. The highest BCUT2D eigenvalue weighted by Gasteiger charge is 2.08. The molecule has 3 nitrogen and oxygen atoms in total. The third-order valence-electron chi connectivity index (χ3n) is 2.82.